The number of aliphatic hydroxyl groups excluding tert-OH is 1. The molecule has 0 atom stereocenters. The predicted octanol–water partition coefficient (Wildman–Crippen LogP) is 3.79. The van der Waals surface area contributed by atoms with Gasteiger partial charge in [-0.2, -0.15) is 0 Å². The molecule has 1 aromatic carbocycles. The number of hydrogen-bond donors (Lipinski definition) is 2. The number of aliphatic hydroxyl groups is 1. The van der Waals surface area contributed by atoms with Crippen molar-refractivity contribution in [1.82, 2.24) is 9.88 Å². The predicted molar refractivity (Wildman–Crippen MR) is 95.7 cm³/mol. The molecule has 5 nitrogen and oxygen atoms in total. The van der Waals surface area contributed by atoms with Crippen molar-refractivity contribution in [2.24, 2.45) is 5.92 Å². The summed E-state index contributed by atoms with van der Waals surface area (Å²) in [7, 11) is 1.64. The van der Waals surface area contributed by atoms with Gasteiger partial charge in [0.25, 0.3) is 0 Å². The van der Waals surface area contributed by atoms with Gasteiger partial charge in [0.1, 0.15) is 22.4 Å². The Morgan fingerprint density at radius 1 is 1.33 bits per heavy atom. The number of ether oxygens (including phenoxy) is 1. The molecule has 0 spiro atoms. The Kier molecular flexibility index (Phi) is 3.76. The lowest BCUT2D eigenvalue weighted by Crippen LogP contribution is -2.28. The highest BCUT2D eigenvalue weighted by Gasteiger charge is 2.34. The van der Waals surface area contributed by atoms with Gasteiger partial charge in [0.05, 0.1) is 24.9 Å². The minimum atomic E-state index is 0.260. The van der Waals surface area contributed by atoms with Gasteiger partial charge >= 0.3 is 0 Å². The van der Waals surface area contributed by atoms with Crippen molar-refractivity contribution in [3.8, 4) is 17.0 Å². The van der Waals surface area contributed by atoms with Crippen molar-refractivity contribution in [2.75, 3.05) is 20.2 Å². The van der Waals surface area contributed by atoms with Gasteiger partial charge in [0, 0.05) is 17.5 Å². The highest BCUT2D eigenvalue weighted by molar-refractivity contribution is 7.11. The van der Waals surface area contributed by atoms with E-state index in [0.717, 1.165) is 23.6 Å². The standard InChI is InChI=1S/C18H19N3O2S/c1-23-13-6-4-12(5-7-13)14-10-24-18(20-14)16-15(22)9-21(17(16)19)8-11-2-3-11/h4-7,10-11,19,22H,2-3,8-9H2,1H3. The van der Waals surface area contributed by atoms with E-state index in [0.29, 0.717) is 28.9 Å². The second-order valence-corrected chi connectivity index (χ2v) is 7.12. The highest BCUT2D eigenvalue weighted by atomic mass is 32.1. The highest BCUT2D eigenvalue weighted by Crippen LogP contribution is 2.36. The van der Waals surface area contributed by atoms with Crippen LogP contribution in [-0.4, -0.2) is 41.0 Å². The van der Waals surface area contributed by atoms with E-state index in [4.69, 9.17) is 10.1 Å². The molecule has 6 heteroatoms. The van der Waals surface area contributed by atoms with E-state index in [1.807, 2.05) is 34.5 Å². The number of thiazole rings is 1. The lowest BCUT2D eigenvalue weighted by molar-refractivity contribution is 0.343. The number of hydrogen-bond acceptors (Lipinski definition) is 5. The Labute approximate surface area is 144 Å². The summed E-state index contributed by atoms with van der Waals surface area (Å²) in [5.41, 5.74) is 2.43. The summed E-state index contributed by atoms with van der Waals surface area (Å²) in [6.07, 6.45) is 2.47. The summed E-state index contributed by atoms with van der Waals surface area (Å²) < 4.78 is 5.18. The van der Waals surface area contributed by atoms with Gasteiger partial charge in [-0.1, -0.05) is 0 Å². The van der Waals surface area contributed by atoms with E-state index in [-0.39, 0.29) is 5.76 Å². The number of nitrogens with one attached hydrogen (secondary N) is 1. The third-order valence-electron chi connectivity index (χ3n) is 4.46. The molecule has 1 aromatic heterocycles. The normalized spacial score (nSPS) is 17.7. The Balaban J connectivity index is 1.57. The first-order chi connectivity index (χ1) is 11.7. The number of methoxy groups -OCH3 is 1. The monoisotopic (exact) mass is 341 g/mol. The summed E-state index contributed by atoms with van der Waals surface area (Å²) >= 11 is 1.47. The van der Waals surface area contributed by atoms with Gasteiger partial charge in [-0.15, -0.1) is 11.3 Å². The topological polar surface area (TPSA) is 69.4 Å². The van der Waals surface area contributed by atoms with Crippen LogP contribution in [0.3, 0.4) is 0 Å². The molecule has 0 radical (unpaired) electrons. The molecular formula is C18H19N3O2S. The first-order valence-corrected chi connectivity index (χ1v) is 8.90. The molecule has 2 aliphatic rings. The van der Waals surface area contributed by atoms with Gasteiger partial charge in [-0.3, -0.25) is 5.41 Å². The van der Waals surface area contributed by atoms with Crippen LogP contribution >= 0.6 is 11.3 Å². The fraction of sp³-hybridized carbons (Fsp3) is 0.333. The molecule has 2 aromatic rings. The molecule has 1 fully saturated rings. The quantitative estimate of drug-likeness (QED) is 0.868. The zero-order valence-electron chi connectivity index (χ0n) is 13.5. The third kappa shape index (κ3) is 2.78. The van der Waals surface area contributed by atoms with Crippen LogP contribution < -0.4 is 4.74 Å². The fourth-order valence-corrected chi connectivity index (χ4v) is 3.80. The van der Waals surface area contributed by atoms with Crippen molar-refractivity contribution < 1.29 is 9.84 Å². The SMILES string of the molecule is COc1ccc(-c2csc(C3=C(O)CN(CC4CC4)C3=N)n2)cc1. The van der Waals surface area contributed by atoms with E-state index in [9.17, 15) is 5.11 Å². The number of amidine groups is 1. The molecule has 1 aliphatic heterocycles. The molecule has 2 heterocycles. The van der Waals surface area contributed by atoms with Gasteiger partial charge in [0.2, 0.25) is 0 Å². The van der Waals surface area contributed by atoms with E-state index in [1.54, 1.807) is 7.11 Å². The maximum atomic E-state index is 10.3. The molecular weight excluding hydrogens is 322 g/mol. The Bertz CT molecular complexity index is 806. The summed E-state index contributed by atoms with van der Waals surface area (Å²) in [5.74, 6) is 2.15. The lowest BCUT2D eigenvalue weighted by Gasteiger charge is -2.17. The van der Waals surface area contributed by atoms with Crippen LogP contribution in [0.25, 0.3) is 16.8 Å². The molecule has 0 bridgehead atoms. The molecule has 0 amide bonds. The Hall–Kier alpha value is -2.34. The summed E-state index contributed by atoms with van der Waals surface area (Å²) in [5, 5.41) is 21.4. The van der Waals surface area contributed by atoms with E-state index < -0.39 is 0 Å². The van der Waals surface area contributed by atoms with Crippen molar-refractivity contribution >= 4 is 22.7 Å². The molecule has 24 heavy (non-hydrogen) atoms. The fourth-order valence-electron chi connectivity index (χ4n) is 2.91. The Morgan fingerprint density at radius 2 is 2.08 bits per heavy atom. The second kappa shape index (κ2) is 5.94. The maximum Gasteiger partial charge on any atom is 0.135 e. The largest absolute Gasteiger partial charge is 0.510 e. The van der Waals surface area contributed by atoms with E-state index in [1.165, 1.54) is 24.2 Å². The molecule has 2 N–H and O–H groups in total. The third-order valence-corrected chi connectivity index (χ3v) is 5.32. The van der Waals surface area contributed by atoms with Gasteiger partial charge in [0.15, 0.2) is 0 Å². The zero-order chi connectivity index (χ0) is 16.7. The maximum absolute atomic E-state index is 10.3. The van der Waals surface area contributed by atoms with Gasteiger partial charge in [-0.25, -0.2) is 4.98 Å². The van der Waals surface area contributed by atoms with E-state index >= 15 is 0 Å². The molecule has 4 rings (SSSR count). The molecule has 1 aliphatic carbocycles. The summed E-state index contributed by atoms with van der Waals surface area (Å²) in [6.45, 7) is 1.30. The minimum absolute atomic E-state index is 0.260. The number of rotatable bonds is 5. The van der Waals surface area contributed by atoms with Crippen LogP contribution in [0.1, 0.15) is 17.8 Å². The summed E-state index contributed by atoms with van der Waals surface area (Å²) in [4.78, 5) is 6.60. The van der Waals surface area contributed by atoms with Crippen molar-refractivity contribution in [1.29, 1.82) is 5.41 Å². The number of nitrogens with zero attached hydrogens (tertiary/aromatic N) is 2. The van der Waals surface area contributed by atoms with E-state index in [2.05, 4.69) is 4.98 Å². The Morgan fingerprint density at radius 3 is 2.75 bits per heavy atom. The zero-order valence-corrected chi connectivity index (χ0v) is 14.3. The minimum Gasteiger partial charge on any atom is -0.510 e. The van der Waals surface area contributed by atoms with Crippen LogP contribution in [0, 0.1) is 11.3 Å². The van der Waals surface area contributed by atoms with Crippen molar-refractivity contribution in [2.45, 2.75) is 12.8 Å². The molecule has 0 unspecified atom stereocenters. The number of aromatic nitrogens is 1. The van der Waals surface area contributed by atoms with Crippen molar-refractivity contribution in [3.05, 3.63) is 40.4 Å². The van der Waals surface area contributed by atoms with Crippen LogP contribution in [-0.2, 0) is 0 Å². The van der Waals surface area contributed by atoms with Crippen LogP contribution in [0.2, 0.25) is 0 Å². The molecule has 0 saturated heterocycles. The molecule has 1 saturated carbocycles. The number of benzene rings is 1. The van der Waals surface area contributed by atoms with Crippen LogP contribution in [0.5, 0.6) is 5.75 Å². The second-order valence-electron chi connectivity index (χ2n) is 6.26. The van der Waals surface area contributed by atoms with Gasteiger partial charge < -0.3 is 14.7 Å². The molecule has 124 valence electrons. The van der Waals surface area contributed by atoms with Crippen LogP contribution in [0.15, 0.2) is 35.4 Å². The smallest absolute Gasteiger partial charge is 0.135 e. The van der Waals surface area contributed by atoms with Gasteiger partial charge in [-0.05, 0) is 43.0 Å². The average Bonchev–Trinajstić information content (AvgIpc) is 3.20. The first kappa shape index (κ1) is 15.2. The van der Waals surface area contributed by atoms with Crippen LogP contribution in [0.4, 0.5) is 0 Å². The summed E-state index contributed by atoms with van der Waals surface area (Å²) in [6, 6.07) is 7.73. The lowest BCUT2D eigenvalue weighted by atomic mass is 10.1. The first-order valence-electron chi connectivity index (χ1n) is 8.02. The van der Waals surface area contributed by atoms with Crippen molar-refractivity contribution in [3.63, 3.8) is 0 Å². The average molecular weight is 341 g/mol.